The number of nitrogens with one attached hydrogen (secondary N) is 1. The lowest BCUT2D eigenvalue weighted by Gasteiger charge is -2.10. The first-order chi connectivity index (χ1) is 8.88. The second-order valence-corrected chi connectivity index (χ2v) is 5.22. The van der Waals surface area contributed by atoms with Crippen molar-refractivity contribution >= 4 is 11.9 Å². The maximum atomic E-state index is 11.6. The molecule has 0 aliphatic heterocycles. The zero-order chi connectivity index (χ0) is 14.4. The van der Waals surface area contributed by atoms with Gasteiger partial charge in [-0.2, -0.15) is 0 Å². The number of rotatable bonds is 6. The Balaban J connectivity index is 2.53. The maximum absolute atomic E-state index is 11.6. The summed E-state index contributed by atoms with van der Waals surface area (Å²) in [5.41, 5.74) is 2.14. The van der Waals surface area contributed by atoms with Crippen LogP contribution in [0.3, 0.4) is 0 Å². The standard InChI is InChI=1S/C15H21NO3/c1-10(2)8-12-4-6-13(7-5-12)9-14(17)16-11(3)15(18)19/h4-7,10-11H,8-9H2,1-3H3,(H,16,17)(H,18,19)/t11-/m0/s1. The van der Waals surface area contributed by atoms with Crippen LogP contribution in [0, 0.1) is 5.92 Å². The van der Waals surface area contributed by atoms with E-state index >= 15 is 0 Å². The first-order valence-corrected chi connectivity index (χ1v) is 6.48. The maximum Gasteiger partial charge on any atom is 0.325 e. The molecule has 0 unspecified atom stereocenters. The molecule has 0 aliphatic carbocycles. The summed E-state index contributed by atoms with van der Waals surface area (Å²) in [6.45, 7) is 5.77. The molecule has 104 valence electrons. The van der Waals surface area contributed by atoms with Crippen LogP contribution in [0.5, 0.6) is 0 Å². The largest absolute Gasteiger partial charge is 0.480 e. The fourth-order valence-corrected chi connectivity index (χ4v) is 1.80. The third-order valence-corrected chi connectivity index (χ3v) is 2.78. The zero-order valence-electron chi connectivity index (χ0n) is 11.6. The predicted octanol–water partition coefficient (Wildman–Crippen LogP) is 2.02. The fraction of sp³-hybridized carbons (Fsp3) is 0.467. The first-order valence-electron chi connectivity index (χ1n) is 6.48. The molecule has 1 aromatic rings. The van der Waals surface area contributed by atoms with Gasteiger partial charge in [0.1, 0.15) is 6.04 Å². The summed E-state index contributed by atoms with van der Waals surface area (Å²) in [5, 5.41) is 11.1. The van der Waals surface area contributed by atoms with E-state index in [1.165, 1.54) is 12.5 Å². The minimum absolute atomic E-state index is 0.208. The molecule has 0 radical (unpaired) electrons. The minimum Gasteiger partial charge on any atom is -0.480 e. The van der Waals surface area contributed by atoms with Crippen LogP contribution in [0.25, 0.3) is 0 Å². The number of benzene rings is 1. The molecule has 2 N–H and O–H groups in total. The Hall–Kier alpha value is -1.84. The Bertz CT molecular complexity index is 437. The molecule has 0 bridgehead atoms. The highest BCUT2D eigenvalue weighted by molar-refractivity contribution is 5.84. The van der Waals surface area contributed by atoms with Gasteiger partial charge in [0.05, 0.1) is 6.42 Å². The van der Waals surface area contributed by atoms with E-state index in [-0.39, 0.29) is 12.3 Å². The second-order valence-electron chi connectivity index (χ2n) is 5.22. The number of hydrogen-bond donors (Lipinski definition) is 2. The monoisotopic (exact) mass is 263 g/mol. The van der Waals surface area contributed by atoms with Crippen molar-refractivity contribution in [3.05, 3.63) is 35.4 Å². The average Bonchev–Trinajstić information content (AvgIpc) is 2.30. The molecule has 1 aromatic carbocycles. The van der Waals surface area contributed by atoms with Gasteiger partial charge in [-0.1, -0.05) is 38.1 Å². The molecular formula is C15H21NO3. The summed E-state index contributed by atoms with van der Waals surface area (Å²) in [4.78, 5) is 22.2. The number of hydrogen-bond acceptors (Lipinski definition) is 2. The van der Waals surface area contributed by atoms with Crippen molar-refractivity contribution in [1.82, 2.24) is 5.32 Å². The van der Waals surface area contributed by atoms with E-state index in [1.807, 2.05) is 24.3 Å². The number of carbonyl (C=O) groups excluding carboxylic acids is 1. The molecule has 0 saturated heterocycles. The lowest BCUT2D eigenvalue weighted by Crippen LogP contribution is -2.39. The smallest absolute Gasteiger partial charge is 0.325 e. The number of carboxylic acids is 1. The normalized spacial score (nSPS) is 12.2. The Morgan fingerprint density at radius 3 is 2.11 bits per heavy atom. The van der Waals surface area contributed by atoms with Crippen molar-refractivity contribution in [2.24, 2.45) is 5.92 Å². The van der Waals surface area contributed by atoms with Crippen molar-refractivity contribution in [2.75, 3.05) is 0 Å². The van der Waals surface area contributed by atoms with E-state index in [4.69, 9.17) is 5.11 Å². The molecule has 0 fully saturated rings. The molecule has 0 heterocycles. The molecule has 1 atom stereocenters. The second kappa shape index (κ2) is 6.92. The lowest BCUT2D eigenvalue weighted by atomic mass is 10.0. The molecular weight excluding hydrogens is 242 g/mol. The van der Waals surface area contributed by atoms with E-state index in [1.54, 1.807) is 0 Å². The Morgan fingerprint density at radius 2 is 1.63 bits per heavy atom. The van der Waals surface area contributed by atoms with Crippen LogP contribution in [-0.4, -0.2) is 23.0 Å². The van der Waals surface area contributed by atoms with Crippen LogP contribution in [-0.2, 0) is 22.4 Å². The highest BCUT2D eigenvalue weighted by Gasteiger charge is 2.13. The highest BCUT2D eigenvalue weighted by atomic mass is 16.4. The summed E-state index contributed by atoms with van der Waals surface area (Å²) in [6.07, 6.45) is 1.22. The number of aliphatic carboxylic acids is 1. The third-order valence-electron chi connectivity index (χ3n) is 2.78. The van der Waals surface area contributed by atoms with E-state index in [2.05, 4.69) is 19.2 Å². The van der Waals surface area contributed by atoms with Gasteiger partial charge in [0.2, 0.25) is 5.91 Å². The van der Waals surface area contributed by atoms with E-state index in [0.717, 1.165) is 12.0 Å². The summed E-state index contributed by atoms with van der Waals surface area (Å²) in [7, 11) is 0. The summed E-state index contributed by atoms with van der Waals surface area (Å²) < 4.78 is 0. The third kappa shape index (κ3) is 5.55. The van der Waals surface area contributed by atoms with Gasteiger partial charge >= 0.3 is 5.97 Å². The van der Waals surface area contributed by atoms with Crippen molar-refractivity contribution in [1.29, 1.82) is 0 Å². The van der Waals surface area contributed by atoms with Crippen LogP contribution in [0.1, 0.15) is 31.9 Å². The Kier molecular flexibility index (Phi) is 5.55. The predicted molar refractivity (Wildman–Crippen MR) is 73.9 cm³/mol. The zero-order valence-corrected chi connectivity index (χ0v) is 11.6. The van der Waals surface area contributed by atoms with Gasteiger partial charge in [-0.3, -0.25) is 9.59 Å². The molecule has 0 spiro atoms. The van der Waals surface area contributed by atoms with Gasteiger partial charge in [-0.25, -0.2) is 0 Å². The number of carbonyl (C=O) groups is 2. The Labute approximate surface area is 113 Å². The fourth-order valence-electron chi connectivity index (χ4n) is 1.80. The molecule has 19 heavy (non-hydrogen) atoms. The topological polar surface area (TPSA) is 66.4 Å². The Morgan fingerprint density at radius 1 is 1.11 bits per heavy atom. The first kappa shape index (κ1) is 15.2. The average molecular weight is 263 g/mol. The summed E-state index contributed by atoms with van der Waals surface area (Å²) >= 11 is 0. The van der Waals surface area contributed by atoms with Crippen LogP contribution in [0.4, 0.5) is 0 Å². The van der Waals surface area contributed by atoms with Crippen LogP contribution >= 0.6 is 0 Å². The van der Waals surface area contributed by atoms with Gasteiger partial charge in [-0.05, 0) is 30.4 Å². The van der Waals surface area contributed by atoms with Crippen LogP contribution in [0.2, 0.25) is 0 Å². The van der Waals surface area contributed by atoms with Crippen molar-refractivity contribution in [3.63, 3.8) is 0 Å². The van der Waals surface area contributed by atoms with Gasteiger partial charge in [-0.15, -0.1) is 0 Å². The van der Waals surface area contributed by atoms with Crippen LogP contribution < -0.4 is 5.32 Å². The highest BCUT2D eigenvalue weighted by Crippen LogP contribution is 2.10. The van der Waals surface area contributed by atoms with Gasteiger partial charge in [0, 0.05) is 0 Å². The van der Waals surface area contributed by atoms with Crippen molar-refractivity contribution in [3.8, 4) is 0 Å². The van der Waals surface area contributed by atoms with Gasteiger partial charge in [0.15, 0.2) is 0 Å². The van der Waals surface area contributed by atoms with Crippen molar-refractivity contribution < 1.29 is 14.7 Å². The summed E-state index contributed by atoms with van der Waals surface area (Å²) in [6, 6.07) is 7.02. The van der Waals surface area contributed by atoms with E-state index in [0.29, 0.717) is 5.92 Å². The molecule has 0 aromatic heterocycles. The van der Waals surface area contributed by atoms with E-state index < -0.39 is 12.0 Å². The van der Waals surface area contributed by atoms with Crippen molar-refractivity contribution in [2.45, 2.75) is 39.7 Å². The molecule has 4 heteroatoms. The number of carboxylic acid groups (broad SMARTS) is 1. The lowest BCUT2D eigenvalue weighted by molar-refractivity contribution is -0.141. The SMILES string of the molecule is CC(C)Cc1ccc(CC(=O)N[C@@H](C)C(=O)O)cc1. The van der Waals surface area contributed by atoms with Gasteiger partial charge in [0.25, 0.3) is 0 Å². The molecule has 0 saturated carbocycles. The van der Waals surface area contributed by atoms with Gasteiger partial charge < -0.3 is 10.4 Å². The molecule has 4 nitrogen and oxygen atoms in total. The van der Waals surface area contributed by atoms with E-state index in [9.17, 15) is 9.59 Å². The summed E-state index contributed by atoms with van der Waals surface area (Å²) in [5.74, 6) is -0.697. The minimum atomic E-state index is -1.03. The number of amides is 1. The van der Waals surface area contributed by atoms with Crippen LogP contribution in [0.15, 0.2) is 24.3 Å². The molecule has 0 aliphatic rings. The molecule has 1 rings (SSSR count). The quantitative estimate of drug-likeness (QED) is 0.825. The molecule has 1 amide bonds.